The summed E-state index contributed by atoms with van der Waals surface area (Å²) in [6, 6.07) is 9.87. The summed E-state index contributed by atoms with van der Waals surface area (Å²) in [7, 11) is 0. The normalized spacial score (nSPS) is 21.7. The molecule has 4 rings (SSSR count). The fraction of sp³-hybridized carbons (Fsp3) is 0.364. The van der Waals surface area contributed by atoms with E-state index in [0.717, 1.165) is 58.5 Å². The summed E-state index contributed by atoms with van der Waals surface area (Å²) in [5.74, 6) is 1.73. The van der Waals surface area contributed by atoms with Gasteiger partial charge >= 0.3 is 0 Å². The molecular formula is C22H25N5OS. The zero-order valence-corrected chi connectivity index (χ0v) is 17.5. The molecule has 1 saturated carbocycles. The van der Waals surface area contributed by atoms with Gasteiger partial charge in [0.2, 0.25) is 5.91 Å². The molecule has 0 atom stereocenters. The summed E-state index contributed by atoms with van der Waals surface area (Å²) in [4.78, 5) is 26.5. The van der Waals surface area contributed by atoms with Crippen molar-refractivity contribution in [2.24, 2.45) is 11.1 Å². The monoisotopic (exact) mass is 407 g/mol. The second kappa shape index (κ2) is 7.91. The Hall–Kier alpha value is -2.80. The molecule has 3 aromatic heterocycles. The van der Waals surface area contributed by atoms with Gasteiger partial charge in [-0.3, -0.25) is 4.79 Å². The molecule has 150 valence electrons. The van der Waals surface area contributed by atoms with Crippen LogP contribution in [-0.4, -0.2) is 20.9 Å². The van der Waals surface area contributed by atoms with E-state index >= 15 is 0 Å². The molecule has 0 saturated heterocycles. The topological polar surface area (TPSA) is 93.8 Å². The van der Waals surface area contributed by atoms with Crippen LogP contribution in [0.1, 0.15) is 49.1 Å². The smallest absolute Gasteiger partial charge is 0.223 e. The molecular weight excluding hydrogens is 382 g/mol. The lowest BCUT2D eigenvalue weighted by atomic mass is 9.71. The van der Waals surface area contributed by atoms with E-state index in [0.29, 0.717) is 5.92 Å². The van der Waals surface area contributed by atoms with E-state index in [1.807, 2.05) is 50.4 Å². The van der Waals surface area contributed by atoms with E-state index in [1.54, 1.807) is 17.5 Å². The molecule has 3 N–H and O–H groups in total. The number of thiazole rings is 1. The van der Waals surface area contributed by atoms with Gasteiger partial charge in [-0.05, 0) is 62.4 Å². The van der Waals surface area contributed by atoms with Crippen molar-refractivity contribution in [3.8, 4) is 10.6 Å². The Labute approximate surface area is 174 Å². The summed E-state index contributed by atoms with van der Waals surface area (Å²) in [6.07, 6.45) is 7.22. The first kappa shape index (κ1) is 19.5. The number of anilines is 2. The van der Waals surface area contributed by atoms with Crippen LogP contribution in [-0.2, 0) is 4.79 Å². The van der Waals surface area contributed by atoms with Crippen molar-refractivity contribution in [2.75, 3.05) is 5.32 Å². The average molecular weight is 408 g/mol. The fourth-order valence-electron chi connectivity index (χ4n) is 3.72. The third-order valence-electron chi connectivity index (χ3n) is 5.73. The predicted octanol–water partition coefficient (Wildman–Crippen LogP) is 4.80. The number of primary amides is 1. The third kappa shape index (κ3) is 4.29. The van der Waals surface area contributed by atoms with Gasteiger partial charge in [0.05, 0.1) is 15.6 Å². The van der Waals surface area contributed by atoms with Gasteiger partial charge in [0.25, 0.3) is 0 Å². The second-order valence-corrected chi connectivity index (χ2v) is 9.08. The minimum atomic E-state index is -0.373. The van der Waals surface area contributed by atoms with Gasteiger partial charge in [-0.1, -0.05) is 13.0 Å². The van der Waals surface area contributed by atoms with Crippen LogP contribution in [0, 0.1) is 12.3 Å². The molecule has 1 aliphatic rings. The standard InChI is InChI=1S/C22H25N5OS/c1-14-8-11-24-19(12-14)27-18-5-3-4-16(26-18)17-13-25-20(29-17)15-6-9-22(2,10-7-15)21(23)28/h3-5,8,11-13,15H,6-7,9-10H2,1-2H3,(H2,23,28)(H,24,26,27). The number of carbonyl (C=O) groups excluding carboxylic acids is 1. The lowest BCUT2D eigenvalue weighted by Gasteiger charge is -2.33. The lowest BCUT2D eigenvalue weighted by Crippen LogP contribution is -2.37. The van der Waals surface area contributed by atoms with Crippen LogP contribution in [0.4, 0.5) is 11.6 Å². The summed E-state index contributed by atoms with van der Waals surface area (Å²) in [6.45, 7) is 4.01. The van der Waals surface area contributed by atoms with Crippen molar-refractivity contribution < 1.29 is 4.79 Å². The number of aryl methyl sites for hydroxylation is 1. The highest BCUT2D eigenvalue weighted by Gasteiger charge is 2.37. The maximum Gasteiger partial charge on any atom is 0.223 e. The van der Waals surface area contributed by atoms with Crippen LogP contribution in [0.25, 0.3) is 10.6 Å². The molecule has 29 heavy (non-hydrogen) atoms. The van der Waals surface area contributed by atoms with Crippen molar-refractivity contribution in [3.05, 3.63) is 53.3 Å². The Kier molecular flexibility index (Phi) is 5.32. The number of rotatable bonds is 5. The summed E-state index contributed by atoms with van der Waals surface area (Å²) >= 11 is 1.69. The van der Waals surface area contributed by atoms with E-state index in [9.17, 15) is 4.79 Å². The molecule has 6 nitrogen and oxygen atoms in total. The van der Waals surface area contributed by atoms with Gasteiger partial charge in [-0.25, -0.2) is 15.0 Å². The highest BCUT2D eigenvalue weighted by molar-refractivity contribution is 7.15. The van der Waals surface area contributed by atoms with E-state index in [-0.39, 0.29) is 11.3 Å². The largest absolute Gasteiger partial charge is 0.369 e. The summed E-state index contributed by atoms with van der Waals surface area (Å²) in [5, 5.41) is 4.38. The first-order valence-corrected chi connectivity index (χ1v) is 10.7. The molecule has 7 heteroatoms. The summed E-state index contributed by atoms with van der Waals surface area (Å²) in [5.41, 5.74) is 7.24. The maximum atomic E-state index is 11.7. The molecule has 3 heterocycles. The number of amides is 1. The van der Waals surface area contributed by atoms with E-state index in [1.165, 1.54) is 0 Å². The van der Waals surface area contributed by atoms with Crippen molar-refractivity contribution in [2.45, 2.75) is 45.4 Å². The van der Waals surface area contributed by atoms with Gasteiger partial charge in [0.15, 0.2) is 0 Å². The van der Waals surface area contributed by atoms with Crippen molar-refractivity contribution in [1.29, 1.82) is 0 Å². The SMILES string of the molecule is Cc1ccnc(Nc2cccc(-c3cnc(C4CCC(C)(C(N)=O)CC4)s3)n2)c1. The number of nitrogens with two attached hydrogens (primary N) is 1. The fourth-order valence-corrected chi connectivity index (χ4v) is 4.78. The Morgan fingerprint density at radius 2 is 2.00 bits per heavy atom. The molecule has 0 radical (unpaired) electrons. The minimum absolute atomic E-state index is 0.188. The Balaban J connectivity index is 1.48. The second-order valence-electron chi connectivity index (χ2n) is 8.01. The number of nitrogens with zero attached hydrogens (tertiary/aromatic N) is 3. The molecule has 1 aliphatic carbocycles. The van der Waals surface area contributed by atoms with E-state index in [4.69, 9.17) is 10.7 Å². The first-order chi connectivity index (χ1) is 13.9. The van der Waals surface area contributed by atoms with E-state index < -0.39 is 0 Å². The maximum absolute atomic E-state index is 11.7. The van der Waals surface area contributed by atoms with Gasteiger partial charge in [0.1, 0.15) is 11.6 Å². The van der Waals surface area contributed by atoms with E-state index in [2.05, 4.69) is 15.3 Å². The van der Waals surface area contributed by atoms with Gasteiger partial charge in [0, 0.05) is 23.7 Å². The number of hydrogen-bond acceptors (Lipinski definition) is 6. The molecule has 1 amide bonds. The quantitative estimate of drug-likeness (QED) is 0.633. The molecule has 3 aromatic rings. The van der Waals surface area contributed by atoms with Crippen LogP contribution in [0.3, 0.4) is 0 Å². The number of aromatic nitrogens is 3. The molecule has 0 aromatic carbocycles. The number of nitrogens with one attached hydrogen (secondary N) is 1. The lowest BCUT2D eigenvalue weighted by molar-refractivity contribution is -0.128. The highest BCUT2D eigenvalue weighted by Crippen LogP contribution is 2.44. The molecule has 0 unspecified atom stereocenters. The summed E-state index contributed by atoms with van der Waals surface area (Å²) < 4.78 is 0. The van der Waals surface area contributed by atoms with Gasteiger partial charge < -0.3 is 11.1 Å². The van der Waals surface area contributed by atoms with Crippen LogP contribution < -0.4 is 11.1 Å². The Morgan fingerprint density at radius 1 is 1.21 bits per heavy atom. The Bertz CT molecular complexity index is 1020. The molecule has 1 fully saturated rings. The number of hydrogen-bond donors (Lipinski definition) is 2. The van der Waals surface area contributed by atoms with Crippen LogP contribution >= 0.6 is 11.3 Å². The Morgan fingerprint density at radius 3 is 2.72 bits per heavy atom. The molecule has 0 bridgehead atoms. The van der Waals surface area contributed by atoms with Crippen molar-refractivity contribution >= 4 is 28.9 Å². The predicted molar refractivity (Wildman–Crippen MR) is 116 cm³/mol. The first-order valence-electron chi connectivity index (χ1n) is 9.86. The zero-order chi connectivity index (χ0) is 20.4. The van der Waals surface area contributed by atoms with Gasteiger partial charge in [-0.15, -0.1) is 11.3 Å². The molecule has 0 aliphatic heterocycles. The van der Waals surface area contributed by atoms with Gasteiger partial charge in [-0.2, -0.15) is 0 Å². The number of carbonyl (C=O) groups is 1. The molecule has 0 spiro atoms. The van der Waals surface area contributed by atoms with Crippen LogP contribution in [0.15, 0.2) is 42.7 Å². The van der Waals surface area contributed by atoms with Crippen molar-refractivity contribution in [3.63, 3.8) is 0 Å². The van der Waals surface area contributed by atoms with Crippen LogP contribution in [0.2, 0.25) is 0 Å². The number of pyridine rings is 2. The average Bonchev–Trinajstić information content (AvgIpc) is 3.19. The highest BCUT2D eigenvalue weighted by atomic mass is 32.1. The van der Waals surface area contributed by atoms with Crippen molar-refractivity contribution in [1.82, 2.24) is 15.0 Å². The zero-order valence-electron chi connectivity index (χ0n) is 16.7. The minimum Gasteiger partial charge on any atom is -0.369 e. The van der Waals surface area contributed by atoms with Crippen LogP contribution in [0.5, 0.6) is 0 Å². The third-order valence-corrected chi connectivity index (χ3v) is 6.91.